The first-order valence-electron chi connectivity index (χ1n) is 32.6. The van der Waals surface area contributed by atoms with Gasteiger partial charge in [0.05, 0.1) is 6.42 Å². The smallest absolute Gasteiger partial charge is 0.309 e. The van der Waals surface area contributed by atoms with E-state index in [1.165, 1.54) is 103 Å². The Labute approximate surface area is 498 Å². The van der Waals surface area contributed by atoms with Crippen molar-refractivity contribution in [2.24, 2.45) is 0 Å². The lowest BCUT2D eigenvalue weighted by Gasteiger charge is -2.18. The van der Waals surface area contributed by atoms with Crippen LogP contribution in [-0.4, -0.2) is 37.2 Å². The van der Waals surface area contributed by atoms with Crippen molar-refractivity contribution in [2.45, 2.75) is 271 Å². The molecule has 0 radical (unpaired) electrons. The monoisotopic (exact) mass is 1110 g/mol. The van der Waals surface area contributed by atoms with Crippen LogP contribution in [0.15, 0.2) is 170 Å². The molecule has 0 aromatic rings. The second kappa shape index (κ2) is 67.3. The minimum absolute atomic E-state index is 0.108. The molecule has 0 N–H and O–H groups in total. The molecule has 0 aliphatic heterocycles. The van der Waals surface area contributed by atoms with Gasteiger partial charge in [-0.25, -0.2) is 0 Å². The molecule has 0 aliphatic carbocycles. The quantitative estimate of drug-likeness (QED) is 0.0261. The van der Waals surface area contributed by atoms with Gasteiger partial charge >= 0.3 is 17.9 Å². The molecule has 6 nitrogen and oxygen atoms in total. The van der Waals surface area contributed by atoms with E-state index in [1.807, 2.05) is 6.08 Å². The third-order valence-corrected chi connectivity index (χ3v) is 13.2. The molecule has 0 bridgehead atoms. The third kappa shape index (κ3) is 65.5. The largest absolute Gasteiger partial charge is 0.462 e. The molecule has 0 spiro atoms. The number of unbranched alkanes of at least 4 members (excludes halogenated alkanes) is 19. The van der Waals surface area contributed by atoms with Crippen molar-refractivity contribution in [3.05, 3.63) is 170 Å². The summed E-state index contributed by atoms with van der Waals surface area (Å²) < 4.78 is 16.7. The van der Waals surface area contributed by atoms with E-state index in [0.29, 0.717) is 12.8 Å². The lowest BCUT2D eigenvalue weighted by atomic mass is 10.0. The molecule has 1 unspecified atom stereocenters. The highest BCUT2D eigenvalue weighted by molar-refractivity contribution is 5.72. The Balaban J connectivity index is 4.36. The van der Waals surface area contributed by atoms with Gasteiger partial charge in [-0.05, 0) is 122 Å². The van der Waals surface area contributed by atoms with Crippen molar-refractivity contribution in [1.82, 2.24) is 0 Å². The van der Waals surface area contributed by atoms with Crippen LogP contribution < -0.4 is 0 Å². The number of hydrogen-bond acceptors (Lipinski definition) is 6. The lowest BCUT2D eigenvalue weighted by Crippen LogP contribution is -2.30. The van der Waals surface area contributed by atoms with Gasteiger partial charge in [-0.2, -0.15) is 0 Å². The Morgan fingerprint density at radius 3 is 0.840 bits per heavy atom. The predicted octanol–water partition coefficient (Wildman–Crippen LogP) is 22.7. The van der Waals surface area contributed by atoms with Gasteiger partial charge < -0.3 is 14.2 Å². The van der Waals surface area contributed by atoms with Gasteiger partial charge in [0.1, 0.15) is 13.2 Å². The van der Waals surface area contributed by atoms with Crippen LogP contribution in [0.25, 0.3) is 0 Å². The first-order chi connectivity index (χ1) is 40.0. The Bertz CT molecular complexity index is 1860. The van der Waals surface area contributed by atoms with Gasteiger partial charge in [0.2, 0.25) is 0 Å². The Morgan fingerprint density at radius 2 is 0.506 bits per heavy atom. The van der Waals surface area contributed by atoms with E-state index in [0.717, 1.165) is 116 Å². The van der Waals surface area contributed by atoms with Crippen molar-refractivity contribution >= 4 is 17.9 Å². The van der Waals surface area contributed by atoms with Gasteiger partial charge in [0.25, 0.3) is 0 Å². The van der Waals surface area contributed by atoms with E-state index in [2.05, 4.69) is 179 Å². The molecule has 0 heterocycles. The lowest BCUT2D eigenvalue weighted by molar-refractivity contribution is -0.166. The first kappa shape index (κ1) is 75.8. The summed E-state index contributed by atoms with van der Waals surface area (Å²) in [5.41, 5.74) is 0. The minimum Gasteiger partial charge on any atom is -0.462 e. The number of carbonyl (C=O) groups is 3. The number of esters is 3. The van der Waals surface area contributed by atoms with E-state index in [4.69, 9.17) is 14.2 Å². The van der Waals surface area contributed by atoms with Gasteiger partial charge in [-0.1, -0.05) is 294 Å². The molecule has 0 aromatic heterocycles. The summed E-state index contributed by atoms with van der Waals surface area (Å²) in [7, 11) is 0. The minimum atomic E-state index is -0.856. The molecule has 0 amide bonds. The zero-order valence-electron chi connectivity index (χ0n) is 52.0. The van der Waals surface area contributed by atoms with Gasteiger partial charge in [-0.3, -0.25) is 14.4 Å². The average Bonchev–Trinajstić information content (AvgIpc) is 3.47. The number of carbonyl (C=O) groups excluding carboxylic acids is 3. The highest BCUT2D eigenvalue weighted by Crippen LogP contribution is 2.16. The second-order valence-electron chi connectivity index (χ2n) is 20.9. The Morgan fingerprint density at radius 1 is 0.259 bits per heavy atom. The van der Waals surface area contributed by atoms with Crippen LogP contribution in [0.2, 0.25) is 0 Å². The Hall–Kier alpha value is -5.23. The van der Waals surface area contributed by atoms with Crippen molar-refractivity contribution < 1.29 is 28.6 Å². The Kier molecular flexibility index (Phi) is 62.9. The summed E-state index contributed by atoms with van der Waals surface area (Å²) in [4.78, 5) is 38.2. The second-order valence-corrected chi connectivity index (χ2v) is 20.9. The molecule has 0 aliphatic rings. The van der Waals surface area contributed by atoms with Crippen LogP contribution in [0.1, 0.15) is 265 Å². The molecule has 81 heavy (non-hydrogen) atoms. The molecule has 0 fully saturated rings. The summed E-state index contributed by atoms with van der Waals surface area (Å²) in [6.07, 6.45) is 99.8. The average molecular weight is 1120 g/mol. The standard InChI is InChI=1S/C75H118O6/c1-4-7-10-13-16-19-22-25-28-30-31-32-33-34-35-36-37-38-39-40-41-42-43-45-47-50-53-56-59-62-65-68-74(77)80-71-72(70-79-73(76)67-64-61-58-55-52-49-46-27-24-21-18-15-12-9-6-3)81-75(78)69-66-63-60-57-54-51-48-44-29-26-23-20-17-14-11-8-5-2/h7-12,16-21,25-29,31-32,46,48,51-52,55,57,60-61,64,72H,4-6,13-15,22-24,30,33-45,47,49-50,53-54,56,58-59,62-63,65-71H2,1-3H3/b10-7-,11-8-,12-9-,19-16-,20-17-,21-18-,28-25-,29-26-,32-31-,46-27-,51-48-,55-52-,60-57-,64-61-. The molecular formula is C75H118O6. The maximum Gasteiger partial charge on any atom is 0.309 e. The summed E-state index contributed by atoms with van der Waals surface area (Å²) in [6.45, 7) is 6.16. The topological polar surface area (TPSA) is 78.9 Å². The summed E-state index contributed by atoms with van der Waals surface area (Å²) >= 11 is 0. The SMILES string of the molecule is CC/C=C\C/C=C\C/C=C\C/C=C\C/C=C\CCCC(=O)OC(COC(=O)C/C=C\C/C=C\C/C=C\C/C=C\C/C=C\CC)COC(=O)CCCCCCCCCCCCCCCCCCCC/C=C\C/C=C\C/C=C\C/C=C\CC. The van der Waals surface area contributed by atoms with Crippen LogP contribution in [0.4, 0.5) is 0 Å². The fourth-order valence-electron chi connectivity index (χ4n) is 8.48. The molecule has 0 saturated heterocycles. The predicted molar refractivity (Wildman–Crippen MR) is 352 cm³/mol. The maximum atomic E-state index is 12.9. The van der Waals surface area contributed by atoms with E-state index in [9.17, 15) is 14.4 Å². The van der Waals surface area contributed by atoms with E-state index < -0.39 is 18.0 Å². The van der Waals surface area contributed by atoms with Gasteiger partial charge in [0, 0.05) is 12.8 Å². The van der Waals surface area contributed by atoms with Crippen molar-refractivity contribution in [3.8, 4) is 0 Å². The van der Waals surface area contributed by atoms with Crippen molar-refractivity contribution in [2.75, 3.05) is 13.2 Å². The van der Waals surface area contributed by atoms with E-state index >= 15 is 0 Å². The molecule has 1 atom stereocenters. The third-order valence-electron chi connectivity index (χ3n) is 13.2. The van der Waals surface area contributed by atoms with Crippen molar-refractivity contribution in [1.29, 1.82) is 0 Å². The van der Waals surface area contributed by atoms with Crippen LogP contribution in [-0.2, 0) is 28.6 Å². The highest BCUT2D eigenvalue weighted by atomic mass is 16.6. The number of allylic oxidation sites excluding steroid dienone is 27. The van der Waals surface area contributed by atoms with Crippen LogP contribution >= 0.6 is 0 Å². The van der Waals surface area contributed by atoms with Crippen LogP contribution in [0.5, 0.6) is 0 Å². The molecule has 454 valence electrons. The zero-order valence-corrected chi connectivity index (χ0v) is 52.0. The first-order valence-corrected chi connectivity index (χ1v) is 32.6. The molecular weight excluding hydrogens is 997 g/mol. The molecule has 0 saturated carbocycles. The zero-order chi connectivity index (χ0) is 58.5. The fourth-order valence-corrected chi connectivity index (χ4v) is 8.48. The van der Waals surface area contributed by atoms with E-state index in [1.54, 1.807) is 6.08 Å². The molecule has 0 rings (SSSR count). The molecule has 0 aromatic carbocycles. The van der Waals surface area contributed by atoms with Crippen molar-refractivity contribution in [3.63, 3.8) is 0 Å². The summed E-state index contributed by atoms with van der Waals surface area (Å²) in [5.74, 6) is -1.13. The van der Waals surface area contributed by atoms with Gasteiger partial charge in [-0.15, -0.1) is 0 Å². The fraction of sp³-hybridized carbons (Fsp3) is 0.587. The highest BCUT2D eigenvalue weighted by Gasteiger charge is 2.19. The summed E-state index contributed by atoms with van der Waals surface area (Å²) in [5, 5.41) is 0. The van der Waals surface area contributed by atoms with Gasteiger partial charge in [0.15, 0.2) is 6.10 Å². The number of rotatable bonds is 57. The maximum absolute atomic E-state index is 12.9. The molecule has 6 heteroatoms. The summed E-state index contributed by atoms with van der Waals surface area (Å²) in [6, 6.07) is 0. The van der Waals surface area contributed by atoms with Crippen LogP contribution in [0.3, 0.4) is 0 Å². The number of ether oxygens (including phenoxy) is 3. The number of hydrogen-bond donors (Lipinski definition) is 0. The normalized spacial score (nSPS) is 13.3. The van der Waals surface area contributed by atoms with Crippen LogP contribution in [0, 0.1) is 0 Å². The van der Waals surface area contributed by atoms with E-state index in [-0.39, 0.29) is 32.0 Å².